The number of hydrogen-bond donors (Lipinski definition) is 1. The van der Waals surface area contributed by atoms with Gasteiger partial charge in [-0.25, -0.2) is 4.39 Å². The average molecular weight is 301 g/mol. The van der Waals surface area contributed by atoms with Crippen molar-refractivity contribution >= 4 is 0 Å². The van der Waals surface area contributed by atoms with Crippen molar-refractivity contribution in [2.75, 3.05) is 7.11 Å². The molecule has 1 N–H and O–H groups in total. The predicted octanol–water partition coefficient (Wildman–Crippen LogP) is 3.33. The minimum Gasteiger partial charge on any atom is -0.495 e. The number of methoxy groups -OCH3 is 1. The van der Waals surface area contributed by atoms with Crippen molar-refractivity contribution in [1.29, 1.82) is 0 Å². The van der Waals surface area contributed by atoms with Crippen LogP contribution >= 0.6 is 0 Å². The number of hydrogen-bond acceptors (Lipinski definition) is 3. The Balaban J connectivity index is 2.48. The summed E-state index contributed by atoms with van der Waals surface area (Å²) in [6.45, 7) is 0. The predicted molar refractivity (Wildman–Crippen MR) is 66.3 cm³/mol. The molecule has 0 aliphatic carbocycles. The zero-order chi connectivity index (χ0) is 15.6. The van der Waals surface area contributed by atoms with E-state index in [1.54, 1.807) is 6.07 Å². The van der Waals surface area contributed by atoms with E-state index in [0.29, 0.717) is 12.1 Å². The Morgan fingerprint density at radius 1 is 1.24 bits per heavy atom. The summed E-state index contributed by atoms with van der Waals surface area (Å²) in [5.41, 5.74) is -1.41. The van der Waals surface area contributed by atoms with Crippen molar-refractivity contribution in [1.82, 2.24) is 4.98 Å². The molecule has 112 valence electrons. The van der Waals surface area contributed by atoms with Crippen LogP contribution in [0, 0.1) is 5.82 Å². The minimum absolute atomic E-state index is 0.0127. The van der Waals surface area contributed by atoms with Crippen LogP contribution in [-0.2, 0) is 6.18 Å². The molecule has 0 saturated heterocycles. The van der Waals surface area contributed by atoms with Crippen LogP contribution in [0.4, 0.5) is 17.6 Å². The maximum absolute atomic E-state index is 13.4. The average Bonchev–Trinajstić information content (AvgIpc) is 2.45. The lowest BCUT2D eigenvalue weighted by Gasteiger charge is -2.16. The summed E-state index contributed by atoms with van der Waals surface area (Å²) in [5.74, 6) is -0.892. The van der Waals surface area contributed by atoms with Crippen LogP contribution in [-0.4, -0.2) is 17.2 Å². The number of halogens is 4. The summed E-state index contributed by atoms with van der Waals surface area (Å²) in [5, 5.41) is 10.1. The first kappa shape index (κ1) is 15.2. The lowest BCUT2D eigenvalue weighted by Crippen LogP contribution is -2.10. The first-order chi connectivity index (χ1) is 9.82. The fourth-order valence-electron chi connectivity index (χ4n) is 1.87. The Bertz CT molecular complexity index is 643. The number of nitrogens with zero attached hydrogens (tertiary/aromatic N) is 1. The molecule has 1 aromatic carbocycles. The molecule has 0 saturated carbocycles. The number of alkyl halides is 3. The van der Waals surface area contributed by atoms with Crippen LogP contribution in [0.15, 0.2) is 36.5 Å². The second-order valence-corrected chi connectivity index (χ2v) is 4.26. The number of pyridine rings is 1. The molecule has 0 aliphatic heterocycles. The first-order valence-corrected chi connectivity index (χ1v) is 5.87. The van der Waals surface area contributed by atoms with Crippen molar-refractivity contribution in [3.8, 4) is 5.75 Å². The third-order valence-corrected chi connectivity index (χ3v) is 2.84. The van der Waals surface area contributed by atoms with E-state index in [1.165, 1.54) is 19.4 Å². The summed E-state index contributed by atoms with van der Waals surface area (Å²) < 4.78 is 56.3. The van der Waals surface area contributed by atoms with Gasteiger partial charge in [0.2, 0.25) is 0 Å². The van der Waals surface area contributed by atoms with Gasteiger partial charge in [0, 0.05) is 6.20 Å². The molecule has 0 amide bonds. The molecule has 0 radical (unpaired) electrons. The Kier molecular flexibility index (Phi) is 4.13. The Hall–Kier alpha value is -2.15. The van der Waals surface area contributed by atoms with E-state index in [4.69, 9.17) is 4.74 Å². The van der Waals surface area contributed by atoms with Gasteiger partial charge in [-0.05, 0) is 35.9 Å². The molecule has 3 nitrogen and oxygen atoms in total. The van der Waals surface area contributed by atoms with Gasteiger partial charge in [-0.15, -0.1) is 0 Å². The van der Waals surface area contributed by atoms with Crippen LogP contribution in [0.3, 0.4) is 0 Å². The van der Waals surface area contributed by atoms with E-state index in [-0.39, 0.29) is 17.0 Å². The molecule has 1 aromatic heterocycles. The van der Waals surface area contributed by atoms with Gasteiger partial charge in [-0.2, -0.15) is 13.2 Å². The molecule has 0 fully saturated rings. The van der Waals surface area contributed by atoms with Crippen molar-refractivity contribution < 1.29 is 27.4 Å². The zero-order valence-electron chi connectivity index (χ0n) is 10.9. The molecular formula is C14H11F4NO2. The largest absolute Gasteiger partial charge is 0.495 e. The van der Waals surface area contributed by atoms with Crippen molar-refractivity contribution in [2.24, 2.45) is 0 Å². The van der Waals surface area contributed by atoms with Crippen molar-refractivity contribution in [3.63, 3.8) is 0 Å². The molecule has 2 aromatic rings. The second-order valence-electron chi connectivity index (χ2n) is 4.26. The number of ether oxygens (including phenoxy) is 1. The lowest BCUT2D eigenvalue weighted by molar-refractivity contribution is -0.137. The second kappa shape index (κ2) is 5.69. The van der Waals surface area contributed by atoms with Gasteiger partial charge >= 0.3 is 6.18 Å². The quantitative estimate of drug-likeness (QED) is 0.884. The number of aromatic nitrogens is 1. The number of benzene rings is 1. The van der Waals surface area contributed by atoms with Crippen LogP contribution in [0.1, 0.15) is 22.9 Å². The summed E-state index contributed by atoms with van der Waals surface area (Å²) in [6.07, 6.45) is -4.88. The maximum Gasteiger partial charge on any atom is 0.416 e. The third-order valence-electron chi connectivity index (χ3n) is 2.84. The standard InChI is InChI=1S/C14H11F4NO2/c1-21-11-3-2-4-19-12(11)13(20)8-5-9(14(16,17)18)7-10(15)6-8/h2-7,13,20H,1H3. The Morgan fingerprint density at radius 2 is 1.95 bits per heavy atom. The molecule has 7 heteroatoms. The summed E-state index contributed by atoms with van der Waals surface area (Å²) in [4.78, 5) is 3.87. The lowest BCUT2D eigenvalue weighted by atomic mass is 10.0. The van der Waals surface area contributed by atoms with Gasteiger partial charge < -0.3 is 9.84 Å². The third kappa shape index (κ3) is 3.30. The normalized spacial score (nSPS) is 13.0. The first-order valence-electron chi connectivity index (χ1n) is 5.87. The van der Waals surface area contributed by atoms with E-state index in [1.807, 2.05) is 0 Å². The molecule has 1 unspecified atom stereocenters. The zero-order valence-corrected chi connectivity index (χ0v) is 10.9. The summed E-state index contributed by atoms with van der Waals surface area (Å²) in [7, 11) is 1.33. The fraction of sp³-hybridized carbons (Fsp3) is 0.214. The molecular weight excluding hydrogens is 290 g/mol. The highest BCUT2D eigenvalue weighted by Crippen LogP contribution is 2.34. The molecule has 1 atom stereocenters. The number of aliphatic hydroxyl groups excluding tert-OH is 1. The molecule has 1 heterocycles. The highest BCUT2D eigenvalue weighted by atomic mass is 19.4. The Morgan fingerprint density at radius 3 is 2.57 bits per heavy atom. The van der Waals surface area contributed by atoms with Crippen molar-refractivity contribution in [3.05, 3.63) is 59.2 Å². The number of rotatable bonds is 3. The van der Waals surface area contributed by atoms with Crippen molar-refractivity contribution in [2.45, 2.75) is 12.3 Å². The van der Waals surface area contributed by atoms with Gasteiger partial charge in [-0.3, -0.25) is 4.98 Å². The monoisotopic (exact) mass is 301 g/mol. The highest BCUT2D eigenvalue weighted by Gasteiger charge is 2.32. The summed E-state index contributed by atoms with van der Waals surface area (Å²) in [6, 6.07) is 4.92. The van der Waals surface area contributed by atoms with Gasteiger partial charge in [0.15, 0.2) is 0 Å². The van der Waals surface area contributed by atoms with Crippen LogP contribution in [0.2, 0.25) is 0 Å². The van der Waals surface area contributed by atoms with Gasteiger partial charge in [0.05, 0.1) is 12.7 Å². The van der Waals surface area contributed by atoms with Gasteiger partial charge in [0.25, 0.3) is 0 Å². The van der Waals surface area contributed by atoms with Crippen LogP contribution in [0.5, 0.6) is 5.75 Å². The minimum atomic E-state index is -4.70. The molecule has 21 heavy (non-hydrogen) atoms. The number of aliphatic hydroxyl groups is 1. The fourth-order valence-corrected chi connectivity index (χ4v) is 1.87. The van der Waals surface area contributed by atoms with Gasteiger partial charge in [-0.1, -0.05) is 0 Å². The SMILES string of the molecule is COc1cccnc1C(O)c1cc(F)cc(C(F)(F)F)c1. The van der Waals surface area contributed by atoms with Crippen LogP contribution < -0.4 is 4.74 Å². The molecule has 2 rings (SSSR count). The maximum atomic E-state index is 13.4. The van der Waals surface area contributed by atoms with Gasteiger partial charge in [0.1, 0.15) is 23.4 Å². The summed E-state index contributed by atoms with van der Waals surface area (Å²) >= 11 is 0. The molecule has 0 bridgehead atoms. The van der Waals surface area contributed by atoms with E-state index in [0.717, 1.165) is 6.07 Å². The Labute approximate surface area is 117 Å². The van der Waals surface area contributed by atoms with Crippen LogP contribution in [0.25, 0.3) is 0 Å². The smallest absolute Gasteiger partial charge is 0.416 e. The van der Waals surface area contributed by atoms with E-state index < -0.39 is 23.7 Å². The topological polar surface area (TPSA) is 42.4 Å². The highest BCUT2D eigenvalue weighted by molar-refractivity contribution is 5.37. The van der Waals surface area contributed by atoms with E-state index >= 15 is 0 Å². The van der Waals surface area contributed by atoms with E-state index in [9.17, 15) is 22.7 Å². The van der Waals surface area contributed by atoms with E-state index in [2.05, 4.69) is 4.98 Å². The molecule has 0 spiro atoms. The molecule has 0 aliphatic rings.